The van der Waals surface area contributed by atoms with Gasteiger partial charge in [0.25, 0.3) is 0 Å². The van der Waals surface area contributed by atoms with Gasteiger partial charge in [0.2, 0.25) is 0 Å². The molecule has 0 amide bonds. The molecule has 1 saturated carbocycles. The molecule has 0 N–H and O–H groups in total. The van der Waals surface area contributed by atoms with Crippen molar-refractivity contribution < 1.29 is 4.39 Å². The average molecular weight is 328 g/mol. The Labute approximate surface area is 124 Å². The van der Waals surface area contributed by atoms with Crippen molar-refractivity contribution in [3.8, 4) is 0 Å². The van der Waals surface area contributed by atoms with E-state index in [1.165, 1.54) is 38.2 Å². The Kier molecular flexibility index (Phi) is 5.40. The van der Waals surface area contributed by atoms with Crippen molar-refractivity contribution in [3.63, 3.8) is 0 Å². The molecule has 1 fully saturated rings. The molecule has 0 aliphatic heterocycles. The van der Waals surface area contributed by atoms with Crippen LogP contribution < -0.4 is 0 Å². The Bertz CT molecular complexity index is 393. The van der Waals surface area contributed by atoms with Gasteiger partial charge in [0, 0.05) is 17.1 Å². The summed E-state index contributed by atoms with van der Waals surface area (Å²) < 4.78 is 14.2. The molecule has 19 heavy (non-hydrogen) atoms. The van der Waals surface area contributed by atoms with Gasteiger partial charge < -0.3 is 0 Å². The molecule has 0 saturated heterocycles. The van der Waals surface area contributed by atoms with E-state index < -0.39 is 0 Å². The van der Waals surface area contributed by atoms with E-state index in [1.54, 1.807) is 6.07 Å². The summed E-state index contributed by atoms with van der Waals surface area (Å²) in [5.74, 6) is 0.764. The van der Waals surface area contributed by atoms with E-state index in [2.05, 4.69) is 34.8 Å². The fourth-order valence-electron chi connectivity index (χ4n) is 3.11. The highest BCUT2D eigenvalue weighted by Crippen LogP contribution is 2.29. The highest BCUT2D eigenvalue weighted by Gasteiger charge is 2.23. The van der Waals surface area contributed by atoms with Crippen molar-refractivity contribution in [2.24, 2.45) is 5.92 Å². The molecule has 0 unspecified atom stereocenters. The molecule has 1 aliphatic rings. The summed E-state index contributed by atoms with van der Waals surface area (Å²) in [4.78, 5) is 2.38. The summed E-state index contributed by atoms with van der Waals surface area (Å²) >= 11 is 3.36. The maximum Gasteiger partial charge on any atom is 0.124 e. The normalized spacial score (nSPS) is 23.8. The van der Waals surface area contributed by atoms with Gasteiger partial charge >= 0.3 is 0 Å². The van der Waals surface area contributed by atoms with Crippen LogP contribution in [0.2, 0.25) is 0 Å². The van der Waals surface area contributed by atoms with Crippen LogP contribution in [0.1, 0.15) is 44.6 Å². The van der Waals surface area contributed by atoms with E-state index in [1.807, 2.05) is 6.07 Å². The highest BCUT2D eigenvalue weighted by atomic mass is 79.9. The van der Waals surface area contributed by atoms with E-state index in [9.17, 15) is 4.39 Å². The first-order valence-electron chi connectivity index (χ1n) is 7.23. The van der Waals surface area contributed by atoms with Gasteiger partial charge in [-0.05, 0) is 62.4 Å². The summed E-state index contributed by atoms with van der Waals surface area (Å²) in [5, 5.41) is 0. The molecule has 2 rings (SSSR count). The van der Waals surface area contributed by atoms with Gasteiger partial charge in [0.05, 0.1) is 0 Å². The highest BCUT2D eigenvalue weighted by molar-refractivity contribution is 9.10. The SMILES string of the molecule is CCC1CCC(N(C)Cc2cc(F)cc(Br)c2)CC1. The molecule has 3 heteroatoms. The first-order chi connectivity index (χ1) is 9.08. The van der Waals surface area contributed by atoms with Crippen molar-refractivity contribution >= 4 is 15.9 Å². The summed E-state index contributed by atoms with van der Waals surface area (Å²) in [6.45, 7) is 3.12. The monoisotopic (exact) mass is 327 g/mol. The predicted molar refractivity (Wildman–Crippen MR) is 81.6 cm³/mol. The number of hydrogen-bond donors (Lipinski definition) is 0. The lowest BCUT2D eigenvalue weighted by Gasteiger charge is -2.34. The van der Waals surface area contributed by atoms with Gasteiger partial charge in [-0.25, -0.2) is 4.39 Å². The maximum atomic E-state index is 13.4. The fourth-order valence-corrected chi connectivity index (χ4v) is 3.63. The number of halogens is 2. The lowest BCUT2D eigenvalue weighted by atomic mass is 9.84. The zero-order valence-electron chi connectivity index (χ0n) is 11.8. The Morgan fingerprint density at radius 1 is 1.21 bits per heavy atom. The summed E-state index contributed by atoms with van der Waals surface area (Å²) in [6.07, 6.45) is 6.57. The number of rotatable bonds is 4. The van der Waals surface area contributed by atoms with Crippen LogP contribution in [0.25, 0.3) is 0 Å². The predicted octanol–water partition coefficient (Wildman–Crippen LogP) is 4.99. The van der Waals surface area contributed by atoms with Crippen molar-refractivity contribution in [2.45, 2.75) is 51.6 Å². The van der Waals surface area contributed by atoms with Gasteiger partial charge in [-0.15, -0.1) is 0 Å². The topological polar surface area (TPSA) is 3.24 Å². The molecule has 1 aromatic rings. The van der Waals surface area contributed by atoms with E-state index in [0.717, 1.165) is 22.5 Å². The molecule has 1 aromatic carbocycles. The molecular formula is C16H23BrFN. The minimum absolute atomic E-state index is 0.160. The first-order valence-corrected chi connectivity index (χ1v) is 8.03. The van der Waals surface area contributed by atoms with E-state index >= 15 is 0 Å². The van der Waals surface area contributed by atoms with Gasteiger partial charge in [-0.2, -0.15) is 0 Å². The molecule has 106 valence electrons. The van der Waals surface area contributed by atoms with Crippen LogP contribution in [0.3, 0.4) is 0 Å². The van der Waals surface area contributed by atoms with Gasteiger partial charge in [-0.1, -0.05) is 29.3 Å². The van der Waals surface area contributed by atoms with Crippen LogP contribution in [0.4, 0.5) is 4.39 Å². The van der Waals surface area contributed by atoms with Crippen LogP contribution in [0, 0.1) is 11.7 Å². The number of benzene rings is 1. The number of hydrogen-bond acceptors (Lipinski definition) is 1. The minimum atomic E-state index is -0.160. The van der Waals surface area contributed by atoms with Crippen molar-refractivity contribution in [1.82, 2.24) is 4.90 Å². The Morgan fingerprint density at radius 2 is 1.89 bits per heavy atom. The molecule has 0 spiro atoms. The molecule has 0 radical (unpaired) electrons. The molecule has 0 heterocycles. The summed E-state index contributed by atoms with van der Waals surface area (Å²) in [5.41, 5.74) is 1.05. The zero-order chi connectivity index (χ0) is 13.8. The zero-order valence-corrected chi connectivity index (χ0v) is 13.4. The van der Waals surface area contributed by atoms with Crippen LogP contribution in [0.15, 0.2) is 22.7 Å². The van der Waals surface area contributed by atoms with E-state index in [4.69, 9.17) is 0 Å². The number of nitrogens with zero attached hydrogens (tertiary/aromatic N) is 1. The third-order valence-electron chi connectivity index (χ3n) is 4.37. The first kappa shape index (κ1) is 15.0. The maximum absolute atomic E-state index is 13.4. The molecule has 0 aromatic heterocycles. The molecular weight excluding hydrogens is 305 g/mol. The van der Waals surface area contributed by atoms with Gasteiger partial charge in [0.15, 0.2) is 0 Å². The third-order valence-corrected chi connectivity index (χ3v) is 4.83. The van der Waals surface area contributed by atoms with Crippen molar-refractivity contribution in [2.75, 3.05) is 7.05 Å². The Morgan fingerprint density at radius 3 is 2.47 bits per heavy atom. The van der Waals surface area contributed by atoms with Gasteiger partial charge in [0.1, 0.15) is 5.82 Å². The summed E-state index contributed by atoms with van der Waals surface area (Å²) in [7, 11) is 2.16. The van der Waals surface area contributed by atoms with E-state index in [0.29, 0.717) is 6.04 Å². The minimum Gasteiger partial charge on any atom is -0.299 e. The second-order valence-electron chi connectivity index (χ2n) is 5.78. The third kappa shape index (κ3) is 4.28. The van der Waals surface area contributed by atoms with Crippen LogP contribution >= 0.6 is 15.9 Å². The molecule has 0 bridgehead atoms. The molecule has 0 atom stereocenters. The fraction of sp³-hybridized carbons (Fsp3) is 0.625. The standard InChI is InChI=1S/C16H23BrFN/c1-3-12-4-6-16(7-5-12)19(2)11-13-8-14(17)10-15(18)9-13/h8-10,12,16H,3-7,11H2,1-2H3. The van der Waals surface area contributed by atoms with Crippen LogP contribution in [0.5, 0.6) is 0 Å². The van der Waals surface area contributed by atoms with Crippen LogP contribution in [-0.4, -0.2) is 18.0 Å². The van der Waals surface area contributed by atoms with Gasteiger partial charge in [-0.3, -0.25) is 4.90 Å². The average Bonchev–Trinajstić information content (AvgIpc) is 2.37. The molecule has 1 nitrogen and oxygen atoms in total. The second kappa shape index (κ2) is 6.85. The van der Waals surface area contributed by atoms with Crippen LogP contribution in [-0.2, 0) is 6.54 Å². The Hall–Kier alpha value is -0.410. The lowest BCUT2D eigenvalue weighted by molar-refractivity contribution is 0.157. The second-order valence-corrected chi connectivity index (χ2v) is 6.69. The molecule has 1 aliphatic carbocycles. The smallest absolute Gasteiger partial charge is 0.124 e. The van der Waals surface area contributed by atoms with Crippen molar-refractivity contribution in [3.05, 3.63) is 34.1 Å². The van der Waals surface area contributed by atoms with Crippen molar-refractivity contribution in [1.29, 1.82) is 0 Å². The van der Waals surface area contributed by atoms with E-state index in [-0.39, 0.29) is 5.82 Å². The largest absolute Gasteiger partial charge is 0.299 e. The quantitative estimate of drug-likeness (QED) is 0.753. The summed E-state index contributed by atoms with van der Waals surface area (Å²) in [6, 6.07) is 5.82. The lowest BCUT2D eigenvalue weighted by Crippen LogP contribution is -2.34. The Balaban J connectivity index is 1.92.